The molecule has 2 aromatic heterocycles. The van der Waals surface area contributed by atoms with Gasteiger partial charge >= 0.3 is 0 Å². The number of ether oxygens (including phenoxy) is 1. The number of benzene rings is 4. The van der Waals surface area contributed by atoms with Gasteiger partial charge in [-0.05, 0) is 61.0 Å². The van der Waals surface area contributed by atoms with Crippen LogP contribution in [-0.2, 0) is 4.93 Å². The Morgan fingerprint density at radius 1 is 0.762 bits per heavy atom. The average Bonchev–Trinajstić information content (AvgIpc) is 3.78. The molecule has 0 saturated heterocycles. The van der Waals surface area contributed by atoms with Crippen molar-refractivity contribution in [2.45, 2.75) is 22.7 Å². The number of hydrogen-bond donors (Lipinski definition) is 2. The van der Waals surface area contributed by atoms with Crippen LogP contribution in [0, 0.1) is 6.92 Å². The third kappa shape index (κ3) is 4.75. The smallest absolute Gasteiger partial charge is 0.225 e. The van der Waals surface area contributed by atoms with Crippen molar-refractivity contribution in [1.82, 2.24) is 9.97 Å². The van der Waals surface area contributed by atoms with Gasteiger partial charge in [0.15, 0.2) is 0 Å². The van der Waals surface area contributed by atoms with Gasteiger partial charge in [0.2, 0.25) is 10.7 Å². The Morgan fingerprint density at radius 2 is 1.45 bits per heavy atom. The number of rotatable bonds is 7. The Hall–Kier alpha value is -4.45. The minimum atomic E-state index is -0.809. The molecule has 6 heteroatoms. The van der Waals surface area contributed by atoms with Crippen LogP contribution in [0.2, 0.25) is 5.02 Å². The fourth-order valence-electron chi connectivity index (χ4n) is 5.52. The predicted octanol–water partition coefficient (Wildman–Crippen LogP) is 9.10. The number of nitrogens with one attached hydrogen (secondary N) is 2. The minimum absolute atomic E-state index is 0.0320. The number of aryl methyl sites for hydroxylation is 1. The van der Waals surface area contributed by atoms with Crippen molar-refractivity contribution in [2.75, 3.05) is 0 Å². The summed E-state index contributed by atoms with van der Waals surface area (Å²) in [5, 5.41) is 0.675. The maximum absolute atomic E-state index is 13.3. The van der Waals surface area contributed by atoms with Crippen molar-refractivity contribution in [3.8, 4) is 5.75 Å². The molecule has 1 aliphatic heterocycles. The molecule has 0 fully saturated rings. The van der Waals surface area contributed by atoms with E-state index < -0.39 is 4.93 Å². The number of thioether (sulfide) groups is 1. The van der Waals surface area contributed by atoms with E-state index in [-0.39, 0.29) is 11.7 Å². The second kappa shape index (κ2) is 10.8. The van der Waals surface area contributed by atoms with E-state index in [1.165, 1.54) is 0 Å². The second-order valence-electron chi connectivity index (χ2n) is 10.5. The molecule has 42 heavy (non-hydrogen) atoms. The molecule has 0 bridgehead atoms. The molecule has 4 aromatic carbocycles. The van der Waals surface area contributed by atoms with Gasteiger partial charge in [0, 0.05) is 27.5 Å². The maximum atomic E-state index is 13.3. The molecule has 0 aliphatic carbocycles. The molecular formula is C36H27ClN2O2S. The summed E-state index contributed by atoms with van der Waals surface area (Å²) in [6.07, 6.45) is 0. The summed E-state index contributed by atoms with van der Waals surface area (Å²) in [6, 6.07) is 42.0. The highest BCUT2D eigenvalue weighted by molar-refractivity contribution is 8.00. The third-order valence-corrected chi connectivity index (χ3v) is 9.30. The standard InChI is InChI=1S/C36H27ClN2O2S/c1-23-11-13-25(14-12-23)35(40)30-20-19-28(38-30)34(24-7-3-2-4-8-24)29-21-22-33(39-29)36(26-15-17-27(37)18-16-26)41-31-9-5-6-10-32(31)42-36/h2-22,34,38-39H,1H3. The summed E-state index contributed by atoms with van der Waals surface area (Å²) in [6.45, 7) is 2.01. The Labute approximate surface area is 253 Å². The van der Waals surface area contributed by atoms with Crippen molar-refractivity contribution in [3.63, 3.8) is 0 Å². The summed E-state index contributed by atoms with van der Waals surface area (Å²) in [5.74, 6) is 0.655. The first kappa shape index (κ1) is 26.4. The number of carbonyl (C=O) groups is 1. The van der Waals surface area contributed by atoms with E-state index in [0.717, 1.165) is 44.4 Å². The molecule has 7 rings (SSSR count). The van der Waals surface area contributed by atoms with Crippen molar-refractivity contribution in [2.24, 2.45) is 0 Å². The minimum Gasteiger partial charge on any atom is -0.465 e. The molecule has 3 heterocycles. The maximum Gasteiger partial charge on any atom is 0.225 e. The molecule has 206 valence electrons. The van der Waals surface area contributed by atoms with Crippen molar-refractivity contribution >= 4 is 29.1 Å². The van der Waals surface area contributed by atoms with Gasteiger partial charge in [0.25, 0.3) is 0 Å². The van der Waals surface area contributed by atoms with Crippen molar-refractivity contribution in [3.05, 3.63) is 177 Å². The van der Waals surface area contributed by atoms with Crippen LogP contribution in [0.4, 0.5) is 0 Å². The van der Waals surface area contributed by atoms with Gasteiger partial charge in [0.1, 0.15) is 5.75 Å². The lowest BCUT2D eigenvalue weighted by atomic mass is 9.93. The number of aromatic amines is 2. The molecular weight excluding hydrogens is 560 g/mol. The third-order valence-electron chi connectivity index (χ3n) is 7.67. The summed E-state index contributed by atoms with van der Waals surface area (Å²) in [7, 11) is 0. The fourth-order valence-corrected chi connectivity index (χ4v) is 6.93. The lowest BCUT2D eigenvalue weighted by Gasteiger charge is -2.28. The Morgan fingerprint density at radius 3 is 2.21 bits per heavy atom. The first-order valence-electron chi connectivity index (χ1n) is 13.8. The van der Waals surface area contributed by atoms with Gasteiger partial charge in [-0.25, -0.2) is 0 Å². The number of aromatic nitrogens is 2. The van der Waals surface area contributed by atoms with Gasteiger partial charge in [-0.1, -0.05) is 108 Å². The van der Waals surface area contributed by atoms with Gasteiger partial charge in [-0.15, -0.1) is 0 Å². The number of ketones is 1. The number of H-pyrrole nitrogens is 2. The highest BCUT2D eigenvalue weighted by atomic mass is 35.5. The molecule has 0 amide bonds. The predicted molar refractivity (Wildman–Crippen MR) is 169 cm³/mol. The zero-order valence-electron chi connectivity index (χ0n) is 22.8. The van der Waals surface area contributed by atoms with Gasteiger partial charge in [0.05, 0.1) is 22.2 Å². The highest BCUT2D eigenvalue weighted by Gasteiger charge is 2.45. The van der Waals surface area contributed by atoms with Crippen LogP contribution in [0.25, 0.3) is 0 Å². The van der Waals surface area contributed by atoms with Crippen LogP contribution < -0.4 is 4.74 Å². The largest absolute Gasteiger partial charge is 0.465 e. The number of fused-ring (bicyclic) bond motifs is 1. The normalized spacial score (nSPS) is 16.5. The second-order valence-corrected chi connectivity index (χ2v) is 12.1. The molecule has 0 spiro atoms. The molecule has 6 aromatic rings. The molecule has 1 aliphatic rings. The topological polar surface area (TPSA) is 57.9 Å². The summed E-state index contributed by atoms with van der Waals surface area (Å²) in [4.78, 5) is 20.8. The number of hydrogen-bond acceptors (Lipinski definition) is 3. The van der Waals surface area contributed by atoms with Crippen LogP contribution in [0.3, 0.4) is 0 Å². The molecule has 0 radical (unpaired) electrons. The van der Waals surface area contributed by atoms with Crippen LogP contribution in [-0.4, -0.2) is 15.8 Å². The van der Waals surface area contributed by atoms with E-state index in [0.29, 0.717) is 16.3 Å². The van der Waals surface area contributed by atoms with Crippen molar-refractivity contribution < 1.29 is 9.53 Å². The summed E-state index contributed by atoms with van der Waals surface area (Å²) >= 11 is 7.94. The van der Waals surface area contributed by atoms with Crippen LogP contribution in [0.5, 0.6) is 5.75 Å². The number of carbonyl (C=O) groups excluding carboxylic acids is 1. The van der Waals surface area contributed by atoms with Gasteiger partial charge < -0.3 is 14.7 Å². The van der Waals surface area contributed by atoms with E-state index in [1.807, 2.05) is 104 Å². The quantitative estimate of drug-likeness (QED) is 0.183. The van der Waals surface area contributed by atoms with E-state index >= 15 is 0 Å². The van der Waals surface area contributed by atoms with Crippen LogP contribution in [0.1, 0.15) is 55.7 Å². The summed E-state index contributed by atoms with van der Waals surface area (Å²) in [5.41, 5.74) is 7.26. The zero-order chi connectivity index (χ0) is 28.7. The first-order valence-corrected chi connectivity index (χ1v) is 15.0. The molecule has 2 N–H and O–H groups in total. The van der Waals surface area contributed by atoms with E-state index in [2.05, 4.69) is 40.3 Å². The molecule has 0 saturated carbocycles. The lowest BCUT2D eigenvalue weighted by Crippen LogP contribution is -2.28. The average molecular weight is 587 g/mol. The SMILES string of the molecule is Cc1ccc(C(=O)c2ccc(C(c3ccccc3)c3ccc(C4(c5ccc(Cl)cc5)Oc5ccccc5S4)[nH]3)[nH]2)cc1. The highest BCUT2D eigenvalue weighted by Crippen LogP contribution is 2.56. The van der Waals surface area contributed by atoms with E-state index in [9.17, 15) is 4.79 Å². The van der Waals surface area contributed by atoms with Gasteiger partial charge in [-0.3, -0.25) is 4.79 Å². The Kier molecular flexibility index (Phi) is 6.77. The van der Waals surface area contributed by atoms with Crippen LogP contribution >= 0.6 is 23.4 Å². The number of para-hydroxylation sites is 1. The Balaban J connectivity index is 1.30. The molecule has 4 nitrogen and oxygen atoms in total. The molecule has 2 unspecified atom stereocenters. The molecule has 2 atom stereocenters. The van der Waals surface area contributed by atoms with E-state index in [4.69, 9.17) is 16.3 Å². The number of halogens is 1. The Bertz CT molecular complexity index is 1850. The fraction of sp³-hybridized carbons (Fsp3) is 0.0833. The zero-order valence-corrected chi connectivity index (χ0v) is 24.4. The van der Waals surface area contributed by atoms with Gasteiger partial charge in [-0.2, -0.15) is 0 Å². The summed E-state index contributed by atoms with van der Waals surface area (Å²) < 4.78 is 6.74. The van der Waals surface area contributed by atoms with Crippen molar-refractivity contribution in [1.29, 1.82) is 0 Å². The van der Waals surface area contributed by atoms with E-state index in [1.54, 1.807) is 11.8 Å². The monoisotopic (exact) mass is 586 g/mol. The lowest BCUT2D eigenvalue weighted by molar-refractivity contribution is 0.103. The van der Waals surface area contributed by atoms with Crippen LogP contribution in [0.15, 0.2) is 132 Å². The first-order chi connectivity index (χ1) is 20.5.